The molecule has 106 valence electrons. The zero-order chi connectivity index (χ0) is 14.7. The van der Waals surface area contributed by atoms with Crippen LogP contribution in [0.5, 0.6) is 0 Å². The molecule has 0 aliphatic carbocycles. The number of pyridine rings is 1. The van der Waals surface area contributed by atoms with Crippen LogP contribution in [0.15, 0.2) is 45.5 Å². The first-order valence-corrected chi connectivity index (χ1v) is 7.77. The molecule has 21 heavy (non-hydrogen) atoms. The zero-order valence-electron chi connectivity index (χ0n) is 10.6. The molecule has 3 aromatic rings. The van der Waals surface area contributed by atoms with Gasteiger partial charge in [0.15, 0.2) is 0 Å². The molecule has 0 bridgehead atoms. The maximum atomic E-state index is 10.7. The van der Waals surface area contributed by atoms with E-state index in [-0.39, 0.29) is 5.56 Å². The number of thiophene rings is 1. The smallest absolute Gasteiger partial charge is 0.337 e. The number of hydrogen-bond donors (Lipinski definition) is 1. The van der Waals surface area contributed by atoms with Gasteiger partial charge in [0.05, 0.1) is 16.1 Å². The van der Waals surface area contributed by atoms with Gasteiger partial charge >= 0.3 is 5.97 Å². The van der Waals surface area contributed by atoms with Crippen molar-refractivity contribution in [2.75, 3.05) is 0 Å². The third-order valence-electron chi connectivity index (χ3n) is 2.55. The molecular weight excluding hydrogens is 310 g/mol. The summed E-state index contributed by atoms with van der Waals surface area (Å²) in [6.45, 7) is 0. The minimum atomic E-state index is -0.987. The van der Waals surface area contributed by atoms with Crippen LogP contribution in [0, 0.1) is 0 Å². The Labute approximate surface area is 127 Å². The summed E-state index contributed by atoms with van der Waals surface area (Å²) in [5.41, 5.74) is 0.919. The number of carboxylic acid groups (broad SMARTS) is 1. The summed E-state index contributed by atoms with van der Waals surface area (Å²) in [5.74, 6) is 0.0484. The molecule has 0 aliphatic rings. The Kier molecular flexibility index (Phi) is 3.98. The van der Waals surface area contributed by atoms with Crippen LogP contribution in [0.25, 0.3) is 10.8 Å². The molecule has 0 aliphatic heterocycles. The highest BCUT2D eigenvalue weighted by molar-refractivity contribution is 7.98. The maximum absolute atomic E-state index is 10.7. The first-order chi connectivity index (χ1) is 10.2. The highest BCUT2D eigenvalue weighted by Gasteiger charge is 2.10. The van der Waals surface area contributed by atoms with E-state index in [0.717, 1.165) is 10.6 Å². The number of hydrogen-bond acceptors (Lipinski definition) is 7. The first kappa shape index (κ1) is 13.8. The second kappa shape index (κ2) is 6.06. The molecular formula is C13H9N3O3S2. The van der Waals surface area contributed by atoms with Gasteiger partial charge in [0.1, 0.15) is 0 Å². The summed E-state index contributed by atoms with van der Waals surface area (Å²) in [7, 11) is 0. The SMILES string of the molecule is O=C(O)c1ccc(CSc2nnc(-c3cccs3)o2)nc1. The van der Waals surface area contributed by atoms with E-state index in [4.69, 9.17) is 9.52 Å². The quantitative estimate of drug-likeness (QED) is 0.722. The molecule has 0 amide bonds. The summed E-state index contributed by atoms with van der Waals surface area (Å²) >= 11 is 2.89. The average Bonchev–Trinajstić information content (AvgIpc) is 3.16. The van der Waals surface area contributed by atoms with Crippen LogP contribution in [-0.2, 0) is 5.75 Å². The molecule has 3 aromatic heterocycles. The molecule has 0 radical (unpaired) electrons. The van der Waals surface area contributed by atoms with Gasteiger partial charge in [-0.2, -0.15) is 0 Å². The van der Waals surface area contributed by atoms with Gasteiger partial charge in [-0.25, -0.2) is 4.79 Å². The second-order valence-corrected chi connectivity index (χ2v) is 5.86. The standard InChI is InChI=1S/C13H9N3O3S2/c17-12(18)8-3-4-9(14-6-8)7-21-13-16-15-11(19-13)10-2-1-5-20-10/h1-6H,7H2,(H,17,18). The Morgan fingerprint density at radius 1 is 1.33 bits per heavy atom. The molecule has 6 nitrogen and oxygen atoms in total. The van der Waals surface area contributed by atoms with Gasteiger partial charge in [0, 0.05) is 11.9 Å². The number of thioether (sulfide) groups is 1. The van der Waals surface area contributed by atoms with Crippen LogP contribution >= 0.6 is 23.1 Å². The summed E-state index contributed by atoms with van der Waals surface area (Å²) in [5, 5.41) is 19.2. The van der Waals surface area contributed by atoms with E-state index >= 15 is 0 Å². The van der Waals surface area contributed by atoms with Gasteiger partial charge in [-0.15, -0.1) is 21.5 Å². The molecule has 1 N–H and O–H groups in total. The van der Waals surface area contributed by atoms with Crippen molar-refractivity contribution in [3.05, 3.63) is 47.1 Å². The van der Waals surface area contributed by atoms with Gasteiger partial charge in [-0.1, -0.05) is 17.8 Å². The van der Waals surface area contributed by atoms with Crippen LogP contribution in [0.4, 0.5) is 0 Å². The highest BCUT2D eigenvalue weighted by Crippen LogP contribution is 2.27. The van der Waals surface area contributed by atoms with Crippen molar-refractivity contribution < 1.29 is 14.3 Å². The lowest BCUT2D eigenvalue weighted by Gasteiger charge is -1.98. The van der Waals surface area contributed by atoms with Crippen molar-refractivity contribution in [3.8, 4) is 10.8 Å². The summed E-state index contributed by atoms with van der Waals surface area (Å²) in [6.07, 6.45) is 1.34. The van der Waals surface area contributed by atoms with Crippen LogP contribution in [0.1, 0.15) is 16.1 Å². The molecule has 0 spiro atoms. The molecule has 0 saturated heterocycles. The molecule has 3 heterocycles. The predicted molar refractivity (Wildman–Crippen MR) is 78.4 cm³/mol. The van der Waals surface area contributed by atoms with Crippen molar-refractivity contribution in [2.24, 2.45) is 0 Å². The van der Waals surface area contributed by atoms with Gasteiger partial charge < -0.3 is 9.52 Å². The highest BCUT2D eigenvalue weighted by atomic mass is 32.2. The van der Waals surface area contributed by atoms with Crippen LogP contribution in [0.3, 0.4) is 0 Å². The van der Waals surface area contributed by atoms with Gasteiger partial charge in [0.25, 0.3) is 11.1 Å². The molecule has 0 fully saturated rings. The normalized spacial score (nSPS) is 10.7. The van der Waals surface area contributed by atoms with E-state index < -0.39 is 5.97 Å². The number of carbonyl (C=O) groups is 1. The lowest BCUT2D eigenvalue weighted by molar-refractivity contribution is 0.0696. The minimum Gasteiger partial charge on any atom is -0.478 e. The lowest BCUT2D eigenvalue weighted by atomic mass is 10.2. The average molecular weight is 319 g/mol. The van der Waals surface area contributed by atoms with Crippen LogP contribution in [-0.4, -0.2) is 26.3 Å². The number of aromatic carboxylic acids is 1. The van der Waals surface area contributed by atoms with E-state index in [0.29, 0.717) is 16.9 Å². The third-order valence-corrected chi connectivity index (χ3v) is 4.26. The topological polar surface area (TPSA) is 89.1 Å². The predicted octanol–water partition coefficient (Wildman–Crippen LogP) is 3.18. The second-order valence-electron chi connectivity index (χ2n) is 3.98. The number of nitrogens with zero attached hydrogens (tertiary/aromatic N) is 3. The van der Waals surface area contributed by atoms with Crippen molar-refractivity contribution in [1.29, 1.82) is 0 Å². The van der Waals surface area contributed by atoms with Gasteiger partial charge in [-0.3, -0.25) is 4.98 Å². The zero-order valence-corrected chi connectivity index (χ0v) is 12.2. The minimum absolute atomic E-state index is 0.168. The Hall–Kier alpha value is -2.19. The number of rotatable bonds is 5. The Morgan fingerprint density at radius 2 is 2.24 bits per heavy atom. The van der Waals surface area contributed by atoms with Crippen LogP contribution in [0.2, 0.25) is 0 Å². The fourth-order valence-electron chi connectivity index (χ4n) is 1.54. The van der Waals surface area contributed by atoms with E-state index in [2.05, 4.69) is 15.2 Å². The number of carboxylic acids is 1. The van der Waals surface area contributed by atoms with Crippen molar-refractivity contribution in [2.45, 2.75) is 11.0 Å². The largest absolute Gasteiger partial charge is 0.478 e. The van der Waals surface area contributed by atoms with Gasteiger partial charge in [0.2, 0.25) is 0 Å². The third kappa shape index (κ3) is 3.29. The monoisotopic (exact) mass is 319 g/mol. The van der Waals surface area contributed by atoms with Crippen LogP contribution < -0.4 is 0 Å². The maximum Gasteiger partial charge on any atom is 0.337 e. The number of aromatic nitrogens is 3. The lowest BCUT2D eigenvalue weighted by Crippen LogP contribution is -1.98. The summed E-state index contributed by atoms with van der Waals surface area (Å²) in [4.78, 5) is 15.7. The molecule has 0 saturated carbocycles. The first-order valence-electron chi connectivity index (χ1n) is 5.91. The van der Waals surface area contributed by atoms with Crippen molar-refractivity contribution >= 4 is 29.1 Å². The van der Waals surface area contributed by atoms with E-state index in [1.54, 1.807) is 6.07 Å². The molecule has 0 unspecified atom stereocenters. The Balaban J connectivity index is 1.64. The van der Waals surface area contributed by atoms with E-state index in [9.17, 15) is 4.79 Å². The van der Waals surface area contributed by atoms with E-state index in [1.807, 2.05) is 17.5 Å². The van der Waals surface area contributed by atoms with Crippen molar-refractivity contribution in [3.63, 3.8) is 0 Å². The summed E-state index contributed by atoms with van der Waals surface area (Å²) in [6, 6.07) is 7.03. The fourth-order valence-corrected chi connectivity index (χ4v) is 2.86. The Bertz CT molecular complexity index is 738. The molecule has 0 aromatic carbocycles. The van der Waals surface area contributed by atoms with E-state index in [1.165, 1.54) is 35.4 Å². The fraction of sp³-hybridized carbons (Fsp3) is 0.0769. The Morgan fingerprint density at radius 3 is 2.90 bits per heavy atom. The molecule has 0 atom stereocenters. The van der Waals surface area contributed by atoms with Gasteiger partial charge in [-0.05, 0) is 23.6 Å². The molecule has 8 heteroatoms. The molecule has 3 rings (SSSR count). The van der Waals surface area contributed by atoms with Crippen molar-refractivity contribution in [1.82, 2.24) is 15.2 Å². The summed E-state index contributed by atoms with van der Waals surface area (Å²) < 4.78 is 5.54.